The Bertz CT molecular complexity index is 993. The van der Waals surface area contributed by atoms with Crippen molar-refractivity contribution in [3.8, 4) is 0 Å². The van der Waals surface area contributed by atoms with E-state index in [1.54, 1.807) is 0 Å². The molecule has 0 spiro atoms. The van der Waals surface area contributed by atoms with Gasteiger partial charge in [0.2, 0.25) is 0 Å². The summed E-state index contributed by atoms with van der Waals surface area (Å²) in [5, 5.41) is 3.11. The molecular formula is C27H31N3O. The quantitative estimate of drug-likeness (QED) is 0.630. The van der Waals surface area contributed by atoms with E-state index >= 15 is 0 Å². The van der Waals surface area contributed by atoms with Crippen LogP contribution in [0.25, 0.3) is 0 Å². The van der Waals surface area contributed by atoms with E-state index in [1.807, 2.05) is 55.5 Å². The van der Waals surface area contributed by atoms with Gasteiger partial charge in [0.25, 0.3) is 5.91 Å². The molecule has 1 heterocycles. The van der Waals surface area contributed by atoms with Crippen molar-refractivity contribution in [2.45, 2.75) is 26.4 Å². The second kappa shape index (κ2) is 9.80. The number of rotatable bonds is 6. The normalized spacial score (nSPS) is 15.5. The molecule has 4 heteroatoms. The SMILES string of the molecule is Cc1ccc(N2CCN(Cc3cccc(C(=O)N[C@@H](C)c4ccccc4)c3)CC2)cc1. The molecule has 1 atom stereocenters. The number of aryl methyl sites for hydroxylation is 1. The Morgan fingerprint density at radius 2 is 1.61 bits per heavy atom. The van der Waals surface area contributed by atoms with E-state index in [2.05, 4.69) is 52.4 Å². The third-order valence-corrected chi connectivity index (χ3v) is 6.01. The van der Waals surface area contributed by atoms with Gasteiger partial charge in [0.15, 0.2) is 0 Å². The molecule has 0 unspecified atom stereocenters. The summed E-state index contributed by atoms with van der Waals surface area (Å²) >= 11 is 0. The van der Waals surface area contributed by atoms with Gasteiger partial charge in [0, 0.05) is 44.0 Å². The average Bonchev–Trinajstić information content (AvgIpc) is 2.81. The molecule has 1 N–H and O–H groups in total. The molecule has 1 saturated heterocycles. The smallest absolute Gasteiger partial charge is 0.251 e. The van der Waals surface area contributed by atoms with Gasteiger partial charge in [-0.15, -0.1) is 0 Å². The first-order valence-corrected chi connectivity index (χ1v) is 11.1. The predicted octanol–water partition coefficient (Wildman–Crippen LogP) is 4.81. The van der Waals surface area contributed by atoms with Gasteiger partial charge in [-0.2, -0.15) is 0 Å². The number of nitrogens with one attached hydrogen (secondary N) is 1. The van der Waals surface area contributed by atoms with Crippen LogP contribution in [0.15, 0.2) is 78.9 Å². The van der Waals surface area contributed by atoms with Crippen LogP contribution in [0.2, 0.25) is 0 Å². The van der Waals surface area contributed by atoms with E-state index in [1.165, 1.54) is 16.8 Å². The number of carbonyl (C=O) groups is 1. The second-order valence-electron chi connectivity index (χ2n) is 8.40. The summed E-state index contributed by atoms with van der Waals surface area (Å²) in [6.07, 6.45) is 0. The van der Waals surface area contributed by atoms with Crippen LogP contribution >= 0.6 is 0 Å². The van der Waals surface area contributed by atoms with Gasteiger partial charge in [-0.1, -0.05) is 60.2 Å². The Balaban J connectivity index is 1.32. The number of benzene rings is 3. The lowest BCUT2D eigenvalue weighted by Crippen LogP contribution is -2.46. The number of carbonyl (C=O) groups excluding carboxylic acids is 1. The zero-order valence-electron chi connectivity index (χ0n) is 18.4. The Labute approximate surface area is 185 Å². The van der Waals surface area contributed by atoms with Crippen LogP contribution in [0, 0.1) is 6.92 Å². The van der Waals surface area contributed by atoms with Gasteiger partial charge in [-0.05, 0) is 49.2 Å². The van der Waals surface area contributed by atoms with Crippen LogP contribution in [0.3, 0.4) is 0 Å². The molecular weight excluding hydrogens is 382 g/mol. The van der Waals surface area contributed by atoms with Crippen LogP contribution < -0.4 is 10.2 Å². The summed E-state index contributed by atoms with van der Waals surface area (Å²) in [6, 6.07) is 26.8. The number of anilines is 1. The highest BCUT2D eigenvalue weighted by Gasteiger charge is 2.18. The van der Waals surface area contributed by atoms with Crippen molar-refractivity contribution >= 4 is 11.6 Å². The topological polar surface area (TPSA) is 35.6 Å². The molecule has 160 valence electrons. The molecule has 0 saturated carbocycles. The number of piperazine rings is 1. The van der Waals surface area contributed by atoms with Gasteiger partial charge in [0.1, 0.15) is 0 Å². The Morgan fingerprint density at radius 3 is 2.32 bits per heavy atom. The summed E-state index contributed by atoms with van der Waals surface area (Å²) in [5.74, 6) is -0.0256. The third-order valence-electron chi connectivity index (χ3n) is 6.01. The molecule has 0 bridgehead atoms. The molecule has 0 aromatic heterocycles. The highest BCUT2D eigenvalue weighted by molar-refractivity contribution is 5.94. The fraction of sp³-hybridized carbons (Fsp3) is 0.296. The summed E-state index contributed by atoms with van der Waals surface area (Å²) in [4.78, 5) is 17.7. The fourth-order valence-electron chi connectivity index (χ4n) is 4.09. The van der Waals surface area contributed by atoms with Gasteiger partial charge in [-0.25, -0.2) is 0 Å². The first-order valence-electron chi connectivity index (χ1n) is 11.1. The zero-order chi connectivity index (χ0) is 21.6. The summed E-state index contributed by atoms with van der Waals surface area (Å²) < 4.78 is 0. The average molecular weight is 414 g/mol. The van der Waals surface area contributed by atoms with Gasteiger partial charge < -0.3 is 10.2 Å². The lowest BCUT2D eigenvalue weighted by atomic mass is 10.1. The van der Waals surface area contributed by atoms with Gasteiger partial charge in [-0.3, -0.25) is 9.69 Å². The van der Waals surface area contributed by atoms with Crippen LogP contribution in [0.5, 0.6) is 0 Å². The maximum Gasteiger partial charge on any atom is 0.251 e. The molecule has 1 amide bonds. The van der Waals surface area contributed by atoms with Crippen LogP contribution in [0.4, 0.5) is 5.69 Å². The van der Waals surface area contributed by atoms with E-state index in [0.29, 0.717) is 0 Å². The zero-order valence-corrected chi connectivity index (χ0v) is 18.4. The van der Waals surface area contributed by atoms with Crippen molar-refractivity contribution < 1.29 is 4.79 Å². The number of amides is 1. The maximum atomic E-state index is 12.8. The molecule has 1 aliphatic heterocycles. The molecule has 0 radical (unpaired) electrons. The van der Waals surface area contributed by atoms with Crippen LogP contribution in [-0.2, 0) is 6.54 Å². The van der Waals surface area contributed by atoms with Crippen LogP contribution in [-0.4, -0.2) is 37.0 Å². The largest absolute Gasteiger partial charge is 0.369 e. The van der Waals surface area contributed by atoms with E-state index in [4.69, 9.17) is 0 Å². The van der Waals surface area contributed by atoms with Crippen molar-refractivity contribution in [1.82, 2.24) is 10.2 Å². The van der Waals surface area contributed by atoms with Crippen molar-refractivity contribution in [3.63, 3.8) is 0 Å². The molecule has 0 aliphatic carbocycles. The molecule has 31 heavy (non-hydrogen) atoms. The fourth-order valence-corrected chi connectivity index (χ4v) is 4.09. The van der Waals surface area contributed by atoms with Crippen LogP contribution in [0.1, 0.15) is 40.0 Å². The lowest BCUT2D eigenvalue weighted by molar-refractivity contribution is 0.0939. The van der Waals surface area contributed by atoms with Gasteiger partial charge in [0.05, 0.1) is 6.04 Å². The summed E-state index contributed by atoms with van der Waals surface area (Å²) in [6.45, 7) is 9.11. The first kappa shape index (κ1) is 21.1. The third kappa shape index (κ3) is 5.53. The van der Waals surface area contributed by atoms with E-state index in [9.17, 15) is 4.79 Å². The van der Waals surface area contributed by atoms with E-state index in [0.717, 1.165) is 43.9 Å². The minimum atomic E-state index is -0.0256. The molecule has 3 aromatic carbocycles. The predicted molar refractivity (Wildman–Crippen MR) is 127 cm³/mol. The molecule has 4 rings (SSSR count). The number of hydrogen-bond donors (Lipinski definition) is 1. The Morgan fingerprint density at radius 1 is 0.903 bits per heavy atom. The monoisotopic (exact) mass is 413 g/mol. The minimum absolute atomic E-state index is 0.0211. The summed E-state index contributed by atoms with van der Waals surface area (Å²) in [5.41, 5.74) is 5.61. The molecule has 1 aliphatic rings. The standard InChI is InChI=1S/C27H31N3O/c1-21-11-13-26(14-12-21)30-17-15-29(16-18-30)20-23-7-6-10-25(19-23)27(31)28-22(2)24-8-4-3-5-9-24/h3-14,19,22H,15-18,20H2,1-2H3,(H,28,31)/t22-/m0/s1. The van der Waals surface area contributed by atoms with Gasteiger partial charge >= 0.3 is 0 Å². The van der Waals surface area contributed by atoms with Crippen molar-refractivity contribution in [1.29, 1.82) is 0 Å². The second-order valence-corrected chi connectivity index (χ2v) is 8.40. The van der Waals surface area contributed by atoms with Crippen molar-refractivity contribution in [3.05, 3.63) is 101 Å². The molecule has 1 fully saturated rings. The highest BCUT2D eigenvalue weighted by atomic mass is 16.1. The lowest BCUT2D eigenvalue weighted by Gasteiger charge is -2.36. The first-order chi connectivity index (χ1) is 15.1. The summed E-state index contributed by atoms with van der Waals surface area (Å²) in [7, 11) is 0. The minimum Gasteiger partial charge on any atom is -0.369 e. The van der Waals surface area contributed by atoms with Crippen molar-refractivity contribution in [2.24, 2.45) is 0 Å². The Kier molecular flexibility index (Phi) is 6.68. The number of nitrogens with zero attached hydrogens (tertiary/aromatic N) is 2. The molecule has 3 aromatic rings. The van der Waals surface area contributed by atoms with E-state index < -0.39 is 0 Å². The molecule has 4 nitrogen and oxygen atoms in total. The van der Waals surface area contributed by atoms with E-state index in [-0.39, 0.29) is 11.9 Å². The number of hydrogen-bond acceptors (Lipinski definition) is 3. The maximum absolute atomic E-state index is 12.8. The van der Waals surface area contributed by atoms with Crippen molar-refractivity contribution in [2.75, 3.05) is 31.1 Å². The Hall–Kier alpha value is -3.11. The highest BCUT2D eigenvalue weighted by Crippen LogP contribution is 2.19.